The molecule has 2 aliphatic rings. The second-order valence-corrected chi connectivity index (χ2v) is 21.2. The Balaban J connectivity index is 1.85. The third-order valence-corrected chi connectivity index (χ3v) is 18.4. The molecule has 2 fully saturated rings. The highest BCUT2D eigenvalue weighted by Gasteiger charge is 2.65. The second-order valence-electron chi connectivity index (χ2n) is 12.3. The minimum absolute atomic E-state index is 0.0718. The summed E-state index contributed by atoms with van der Waals surface area (Å²) in [5, 5.41) is 27.0. The van der Waals surface area contributed by atoms with E-state index in [0.717, 1.165) is 0 Å². The Hall–Kier alpha value is -2.19. The van der Waals surface area contributed by atoms with E-state index in [0.29, 0.717) is 17.0 Å². The molecule has 2 aromatic heterocycles. The van der Waals surface area contributed by atoms with Crippen LogP contribution in [0, 0.1) is 11.3 Å². The molecular formula is C27H44N6O5Si2. The summed E-state index contributed by atoms with van der Waals surface area (Å²) >= 11 is 0. The molecule has 2 saturated heterocycles. The Morgan fingerprint density at radius 1 is 1.10 bits per heavy atom. The van der Waals surface area contributed by atoms with Gasteiger partial charge >= 0.3 is 17.1 Å². The van der Waals surface area contributed by atoms with Crippen LogP contribution in [0.2, 0.25) is 22.2 Å². The topological polar surface area (TPSA) is 127 Å². The lowest BCUT2D eigenvalue weighted by Gasteiger charge is -2.51. The quantitative estimate of drug-likeness (QED) is 0.285. The molecule has 0 spiro atoms. The summed E-state index contributed by atoms with van der Waals surface area (Å²) in [5.41, 5.74) is -0.307. The Morgan fingerprint density at radius 2 is 1.73 bits per heavy atom. The predicted octanol–water partition coefficient (Wildman–Crippen LogP) is 4.39. The summed E-state index contributed by atoms with van der Waals surface area (Å²) in [5.74, 6) is 0.435. The fraction of sp³-hybridized carbons (Fsp3) is 0.704. The van der Waals surface area contributed by atoms with Gasteiger partial charge in [0.15, 0.2) is 5.82 Å². The summed E-state index contributed by atoms with van der Waals surface area (Å²) in [6, 6.07) is 5.81. The molecule has 2 aliphatic heterocycles. The molecule has 0 saturated carbocycles. The molecule has 4 atom stereocenters. The number of rotatable bonds is 7. The van der Waals surface area contributed by atoms with Crippen LogP contribution in [-0.2, 0) is 23.3 Å². The fourth-order valence-electron chi connectivity index (χ4n) is 6.05. The number of nitrogens with zero attached hydrogens (tertiary/aromatic N) is 6. The number of aliphatic hydroxyl groups is 1. The van der Waals surface area contributed by atoms with E-state index >= 15 is 0 Å². The lowest BCUT2D eigenvalue weighted by atomic mass is 9.92. The summed E-state index contributed by atoms with van der Waals surface area (Å²) in [7, 11) is -2.10. The van der Waals surface area contributed by atoms with E-state index in [4.69, 9.17) is 17.7 Å². The average Bonchev–Trinajstić information content (AvgIpc) is 3.42. The molecule has 0 aromatic carbocycles. The van der Waals surface area contributed by atoms with Crippen molar-refractivity contribution in [2.75, 3.05) is 20.7 Å². The van der Waals surface area contributed by atoms with E-state index in [9.17, 15) is 10.4 Å². The van der Waals surface area contributed by atoms with E-state index < -0.39 is 41.0 Å². The van der Waals surface area contributed by atoms with Gasteiger partial charge in [0.25, 0.3) is 0 Å². The van der Waals surface area contributed by atoms with Gasteiger partial charge in [0.2, 0.25) is 5.60 Å². The third-order valence-electron chi connectivity index (χ3n) is 8.15. The van der Waals surface area contributed by atoms with Gasteiger partial charge in [0.1, 0.15) is 36.2 Å². The van der Waals surface area contributed by atoms with Crippen molar-refractivity contribution < 1.29 is 22.8 Å². The zero-order valence-electron chi connectivity index (χ0n) is 25.3. The van der Waals surface area contributed by atoms with Crippen molar-refractivity contribution in [3.63, 3.8) is 0 Å². The largest absolute Gasteiger partial charge is 0.414 e. The highest BCUT2D eigenvalue weighted by atomic mass is 28.5. The van der Waals surface area contributed by atoms with Crippen molar-refractivity contribution in [3.8, 4) is 6.07 Å². The van der Waals surface area contributed by atoms with E-state index in [1.54, 1.807) is 27.9 Å². The minimum atomic E-state index is -3.02. The number of aliphatic hydroxyl groups excluding tert-OH is 1. The van der Waals surface area contributed by atoms with Gasteiger partial charge in [0, 0.05) is 14.1 Å². The molecule has 0 unspecified atom stereocenters. The molecule has 0 amide bonds. The molecule has 4 rings (SSSR count). The zero-order chi connectivity index (χ0) is 29.6. The van der Waals surface area contributed by atoms with Crippen molar-refractivity contribution in [1.82, 2.24) is 19.5 Å². The first-order valence-corrected chi connectivity index (χ1v) is 18.0. The van der Waals surface area contributed by atoms with Crippen LogP contribution in [-0.4, -0.2) is 87.1 Å². The number of hydrogen-bond donors (Lipinski definition) is 1. The molecule has 2 aromatic rings. The Bertz CT molecular complexity index is 1260. The number of nitriles is 1. The zero-order valence-corrected chi connectivity index (χ0v) is 27.3. The number of ether oxygens (including phenoxy) is 1. The summed E-state index contributed by atoms with van der Waals surface area (Å²) < 4.78 is 29.2. The maximum Gasteiger partial charge on any atom is 0.335 e. The highest BCUT2D eigenvalue weighted by Crippen LogP contribution is 2.50. The maximum absolute atomic E-state index is 11.9. The molecule has 0 radical (unpaired) electrons. The summed E-state index contributed by atoms with van der Waals surface area (Å²) in [4.78, 5) is 10.5. The van der Waals surface area contributed by atoms with Gasteiger partial charge < -0.3 is 27.7 Å². The molecule has 0 bridgehead atoms. The number of hydrogen-bond acceptors (Lipinski definition) is 9. The van der Waals surface area contributed by atoms with Crippen LogP contribution in [0.1, 0.15) is 61.1 Å². The molecule has 40 heavy (non-hydrogen) atoms. The van der Waals surface area contributed by atoms with Crippen molar-refractivity contribution in [1.29, 1.82) is 5.26 Å². The smallest absolute Gasteiger partial charge is 0.335 e. The molecule has 0 aliphatic carbocycles. The van der Waals surface area contributed by atoms with E-state index in [1.807, 2.05) is 14.1 Å². The van der Waals surface area contributed by atoms with Crippen molar-refractivity contribution in [2.24, 2.45) is 4.99 Å². The Kier molecular flexibility index (Phi) is 8.65. The van der Waals surface area contributed by atoms with Gasteiger partial charge in [0.05, 0.1) is 18.6 Å². The highest BCUT2D eigenvalue weighted by molar-refractivity contribution is 6.84. The van der Waals surface area contributed by atoms with E-state index in [1.165, 1.54) is 6.33 Å². The van der Waals surface area contributed by atoms with Crippen LogP contribution in [0.25, 0.3) is 5.52 Å². The standard InChI is InChI=1S/C27H44N6O5Si2/c1-17(2)39(18(3)4)35-13-22-24(37-40(38-39,19(5)6)20(7)8)25(34)27(14-28,36-22)23-12-11-21-26(30-16-32(9)10)29-15-31-33(21)23/h11-12,15-20,22,24-25,34H,13H2,1-10H3/t22-,24-,25-,27+/m1/s1. The van der Waals surface area contributed by atoms with Crippen molar-refractivity contribution in [2.45, 2.75) is 101 Å². The number of aliphatic imine (C=N–C) groups is 1. The van der Waals surface area contributed by atoms with Crippen LogP contribution in [0.15, 0.2) is 23.5 Å². The fourth-order valence-corrected chi connectivity index (χ4v) is 17.3. The van der Waals surface area contributed by atoms with Crippen molar-refractivity contribution >= 4 is 34.8 Å². The third kappa shape index (κ3) is 4.83. The van der Waals surface area contributed by atoms with Crippen LogP contribution in [0.3, 0.4) is 0 Å². The van der Waals surface area contributed by atoms with Gasteiger partial charge in [-0.05, 0) is 34.3 Å². The first kappa shape index (κ1) is 30.8. The van der Waals surface area contributed by atoms with Crippen LogP contribution in [0.4, 0.5) is 5.82 Å². The number of aromatic nitrogens is 3. The van der Waals surface area contributed by atoms with Crippen LogP contribution < -0.4 is 0 Å². The molecule has 4 heterocycles. The van der Waals surface area contributed by atoms with E-state index in [2.05, 4.69) is 76.5 Å². The van der Waals surface area contributed by atoms with Crippen molar-refractivity contribution in [3.05, 3.63) is 24.2 Å². The first-order chi connectivity index (χ1) is 18.8. The molecular weight excluding hydrogens is 545 g/mol. The minimum Gasteiger partial charge on any atom is -0.414 e. The van der Waals surface area contributed by atoms with Gasteiger partial charge in [-0.25, -0.2) is 14.5 Å². The summed E-state index contributed by atoms with van der Waals surface area (Å²) in [6.45, 7) is 17.2. The predicted molar refractivity (Wildman–Crippen MR) is 157 cm³/mol. The summed E-state index contributed by atoms with van der Waals surface area (Å²) in [6.07, 6.45) is 0.215. The van der Waals surface area contributed by atoms with Gasteiger partial charge in [-0.1, -0.05) is 55.4 Å². The molecule has 1 N–H and O–H groups in total. The van der Waals surface area contributed by atoms with Crippen LogP contribution >= 0.6 is 0 Å². The molecule has 220 valence electrons. The van der Waals surface area contributed by atoms with E-state index in [-0.39, 0.29) is 28.8 Å². The van der Waals surface area contributed by atoms with Gasteiger partial charge in [-0.3, -0.25) is 0 Å². The lowest BCUT2D eigenvalue weighted by molar-refractivity contribution is -0.0678. The Labute approximate surface area is 239 Å². The SMILES string of the molecule is CC(C)[Si]1(C(C)C)OC[C@H]2O[C@@](C#N)(c3ccc4c(N=CN(C)C)ncnn34)[C@H](O)[C@@H]2O[Si](C(C)C)(C(C)C)O1. The van der Waals surface area contributed by atoms with Gasteiger partial charge in [-0.15, -0.1) is 0 Å². The van der Waals surface area contributed by atoms with Gasteiger partial charge in [-0.2, -0.15) is 10.4 Å². The lowest BCUT2D eigenvalue weighted by Crippen LogP contribution is -2.66. The normalized spacial score (nSPS) is 28.4. The average molecular weight is 589 g/mol. The molecule has 11 nitrogen and oxygen atoms in total. The maximum atomic E-state index is 11.9. The second kappa shape index (κ2) is 11.2. The first-order valence-electron chi connectivity index (χ1n) is 14.1. The monoisotopic (exact) mass is 588 g/mol. The Morgan fingerprint density at radius 3 is 2.27 bits per heavy atom. The molecule has 13 heteroatoms. The van der Waals surface area contributed by atoms with Crippen LogP contribution in [0.5, 0.6) is 0 Å². The number of fused-ring (bicyclic) bond motifs is 2.